The lowest BCUT2D eigenvalue weighted by atomic mass is 9.78. The Labute approximate surface area is 118 Å². The van der Waals surface area contributed by atoms with Crippen molar-refractivity contribution >= 4 is 0 Å². The highest BCUT2D eigenvalue weighted by atomic mass is 16.1. The van der Waals surface area contributed by atoms with Gasteiger partial charge in [0.15, 0.2) is 0 Å². The minimum Gasteiger partial charge on any atom is -0.310 e. The van der Waals surface area contributed by atoms with Crippen LogP contribution < -0.4 is 5.56 Å². The SMILES string of the molecule is O=c1cc(-c2ccccc2C2CCC2)nc(C2CC2)[nH]1. The topological polar surface area (TPSA) is 45.8 Å². The van der Waals surface area contributed by atoms with Crippen LogP contribution in [0.2, 0.25) is 0 Å². The molecule has 0 atom stereocenters. The monoisotopic (exact) mass is 266 g/mol. The minimum atomic E-state index is -0.0275. The summed E-state index contributed by atoms with van der Waals surface area (Å²) in [7, 11) is 0. The van der Waals surface area contributed by atoms with Crippen LogP contribution in [-0.2, 0) is 0 Å². The van der Waals surface area contributed by atoms with Crippen LogP contribution in [0.1, 0.15) is 55.3 Å². The van der Waals surface area contributed by atoms with E-state index >= 15 is 0 Å². The highest BCUT2D eigenvalue weighted by Crippen LogP contribution is 2.41. The third kappa shape index (κ3) is 2.07. The van der Waals surface area contributed by atoms with Gasteiger partial charge in [0, 0.05) is 17.5 Å². The highest BCUT2D eigenvalue weighted by molar-refractivity contribution is 5.64. The molecule has 2 aromatic rings. The molecule has 3 nitrogen and oxygen atoms in total. The van der Waals surface area contributed by atoms with Crippen molar-refractivity contribution in [2.75, 3.05) is 0 Å². The van der Waals surface area contributed by atoms with Crippen molar-refractivity contribution in [3.8, 4) is 11.3 Å². The molecule has 0 bridgehead atoms. The number of hydrogen-bond acceptors (Lipinski definition) is 2. The lowest BCUT2D eigenvalue weighted by molar-refractivity contribution is 0.420. The van der Waals surface area contributed by atoms with Gasteiger partial charge in [-0.05, 0) is 37.2 Å². The fourth-order valence-electron chi connectivity index (χ4n) is 2.97. The Kier molecular flexibility index (Phi) is 2.72. The molecule has 2 saturated carbocycles. The Morgan fingerprint density at radius 3 is 2.55 bits per heavy atom. The maximum absolute atomic E-state index is 11.9. The summed E-state index contributed by atoms with van der Waals surface area (Å²) in [5.74, 6) is 1.99. The fourth-order valence-corrected chi connectivity index (χ4v) is 2.97. The molecule has 0 amide bonds. The molecule has 4 rings (SSSR count). The Bertz CT molecular complexity index is 696. The Balaban J connectivity index is 1.82. The number of aromatic nitrogens is 2. The second-order valence-electron chi connectivity index (χ2n) is 6.01. The van der Waals surface area contributed by atoms with E-state index < -0.39 is 0 Å². The van der Waals surface area contributed by atoms with Gasteiger partial charge in [-0.3, -0.25) is 4.79 Å². The minimum absolute atomic E-state index is 0.0275. The van der Waals surface area contributed by atoms with E-state index in [2.05, 4.69) is 23.2 Å². The lowest BCUT2D eigenvalue weighted by Gasteiger charge is -2.27. The number of nitrogens with one attached hydrogen (secondary N) is 1. The molecule has 20 heavy (non-hydrogen) atoms. The van der Waals surface area contributed by atoms with Crippen molar-refractivity contribution in [2.24, 2.45) is 0 Å². The van der Waals surface area contributed by atoms with Gasteiger partial charge in [-0.25, -0.2) is 4.98 Å². The molecule has 0 saturated heterocycles. The molecule has 1 heterocycles. The van der Waals surface area contributed by atoms with Crippen LogP contribution >= 0.6 is 0 Å². The van der Waals surface area contributed by atoms with E-state index in [1.54, 1.807) is 6.07 Å². The first-order chi connectivity index (χ1) is 9.81. The van der Waals surface area contributed by atoms with Gasteiger partial charge >= 0.3 is 0 Å². The Morgan fingerprint density at radius 1 is 1.05 bits per heavy atom. The molecular weight excluding hydrogens is 248 g/mol. The first-order valence-electron chi connectivity index (χ1n) is 7.52. The average Bonchev–Trinajstić information content (AvgIpc) is 3.21. The summed E-state index contributed by atoms with van der Waals surface area (Å²) in [4.78, 5) is 19.5. The Hall–Kier alpha value is -1.90. The normalized spacial score (nSPS) is 18.8. The maximum atomic E-state index is 11.9. The molecule has 2 aliphatic carbocycles. The van der Waals surface area contributed by atoms with E-state index in [4.69, 9.17) is 4.98 Å². The second kappa shape index (κ2) is 4.58. The van der Waals surface area contributed by atoms with Crippen LogP contribution in [0, 0.1) is 0 Å². The summed E-state index contributed by atoms with van der Waals surface area (Å²) in [6.07, 6.45) is 6.13. The number of benzene rings is 1. The third-order valence-electron chi connectivity index (χ3n) is 4.51. The number of aromatic amines is 1. The van der Waals surface area contributed by atoms with Crippen LogP contribution in [0.25, 0.3) is 11.3 Å². The predicted molar refractivity (Wildman–Crippen MR) is 78.9 cm³/mol. The first-order valence-corrected chi connectivity index (χ1v) is 7.52. The van der Waals surface area contributed by atoms with Crippen molar-refractivity contribution in [2.45, 2.75) is 43.9 Å². The van der Waals surface area contributed by atoms with Gasteiger partial charge in [0.05, 0.1) is 5.69 Å². The van der Waals surface area contributed by atoms with Crippen molar-refractivity contribution < 1.29 is 0 Å². The Morgan fingerprint density at radius 2 is 1.85 bits per heavy atom. The van der Waals surface area contributed by atoms with Crippen molar-refractivity contribution in [1.82, 2.24) is 9.97 Å². The van der Waals surface area contributed by atoms with Gasteiger partial charge in [0.2, 0.25) is 0 Å². The van der Waals surface area contributed by atoms with Crippen LogP contribution in [0.4, 0.5) is 0 Å². The zero-order valence-electron chi connectivity index (χ0n) is 11.4. The molecule has 0 radical (unpaired) electrons. The quantitative estimate of drug-likeness (QED) is 0.923. The van der Waals surface area contributed by atoms with Crippen LogP contribution in [-0.4, -0.2) is 9.97 Å². The summed E-state index contributed by atoms with van der Waals surface area (Å²) >= 11 is 0. The van der Waals surface area contributed by atoms with Gasteiger partial charge in [-0.1, -0.05) is 30.7 Å². The number of rotatable bonds is 3. The van der Waals surface area contributed by atoms with Crippen LogP contribution in [0.5, 0.6) is 0 Å². The van der Waals surface area contributed by atoms with E-state index in [9.17, 15) is 4.79 Å². The van der Waals surface area contributed by atoms with Crippen molar-refractivity contribution in [3.05, 3.63) is 52.1 Å². The van der Waals surface area contributed by atoms with Crippen molar-refractivity contribution in [3.63, 3.8) is 0 Å². The zero-order chi connectivity index (χ0) is 13.5. The molecule has 3 heteroatoms. The van der Waals surface area contributed by atoms with Gasteiger partial charge in [-0.15, -0.1) is 0 Å². The van der Waals surface area contributed by atoms with Gasteiger partial charge < -0.3 is 4.98 Å². The van der Waals surface area contributed by atoms with E-state index in [0.29, 0.717) is 11.8 Å². The average molecular weight is 266 g/mol. The smallest absolute Gasteiger partial charge is 0.251 e. The molecular formula is C17H18N2O. The molecule has 2 aliphatic rings. The van der Waals surface area contributed by atoms with Crippen LogP contribution in [0.3, 0.4) is 0 Å². The fraction of sp³-hybridized carbons (Fsp3) is 0.412. The standard InChI is InChI=1S/C17H18N2O/c20-16-10-15(18-17(19-16)12-8-9-12)14-7-2-1-6-13(14)11-4-3-5-11/h1-2,6-7,10-12H,3-5,8-9H2,(H,18,19,20). The molecule has 2 fully saturated rings. The molecule has 0 aliphatic heterocycles. The summed E-state index contributed by atoms with van der Waals surface area (Å²) in [6.45, 7) is 0. The van der Waals surface area contributed by atoms with Crippen LogP contribution in [0.15, 0.2) is 35.1 Å². The van der Waals surface area contributed by atoms with Gasteiger partial charge in [0.1, 0.15) is 5.82 Å². The molecule has 0 unspecified atom stereocenters. The molecule has 102 valence electrons. The third-order valence-corrected chi connectivity index (χ3v) is 4.51. The predicted octanol–water partition coefficient (Wildman–Crippen LogP) is 3.58. The van der Waals surface area contributed by atoms with E-state index in [1.807, 2.05) is 6.07 Å². The summed E-state index contributed by atoms with van der Waals surface area (Å²) in [6, 6.07) is 10.1. The highest BCUT2D eigenvalue weighted by Gasteiger charge is 2.27. The molecule has 0 spiro atoms. The van der Waals surface area contributed by atoms with Crippen molar-refractivity contribution in [1.29, 1.82) is 0 Å². The summed E-state index contributed by atoms with van der Waals surface area (Å²) < 4.78 is 0. The van der Waals surface area contributed by atoms with Gasteiger partial charge in [-0.2, -0.15) is 0 Å². The number of hydrogen-bond donors (Lipinski definition) is 1. The van der Waals surface area contributed by atoms with E-state index in [0.717, 1.165) is 29.9 Å². The molecule has 1 N–H and O–H groups in total. The second-order valence-corrected chi connectivity index (χ2v) is 6.01. The maximum Gasteiger partial charge on any atom is 0.251 e. The van der Waals surface area contributed by atoms with Gasteiger partial charge in [0.25, 0.3) is 5.56 Å². The zero-order valence-corrected chi connectivity index (χ0v) is 11.4. The van der Waals surface area contributed by atoms with E-state index in [-0.39, 0.29) is 5.56 Å². The summed E-state index contributed by atoms with van der Waals surface area (Å²) in [5.41, 5.74) is 3.32. The molecule has 1 aromatic carbocycles. The van der Waals surface area contributed by atoms with E-state index in [1.165, 1.54) is 24.8 Å². The lowest BCUT2D eigenvalue weighted by Crippen LogP contribution is -2.13. The number of H-pyrrole nitrogens is 1. The largest absolute Gasteiger partial charge is 0.310 e. The first kappa shape index (κ1) is 11.9. The number of nitrogens with zero attached hydrogens (tertiary/aromatic N) is 1. The molecule has 1 aromatic heterocycles. The summed E-state index contributed by atoms with van der Waals surface area (Å²) in [5, 5.41) is 0.